The lowest BCUT2D eigenvalue weighted by Crippen LogP contribution is -2.39. The van der Waals surface area contributed by atoms with E-state index < -0.39 is 0 Å². The summed E-state index contributed by atoms with van der Waals surface area (Å²) < 4.78 is 0. The van der Waals surface area contributed by atoms with Gasteiger partial charge in [-0.3, -0.25) is 4.79 Å². The number of amides is 1. The number of aromatic nitrogens is 3. The Morgan fingerprint density at radius 1 is 1.35 bits per heavy atom. The lowest BCUT2D eigenvalue weighted by molar-refractivity contribution is -0.121. The predicted molar refractivity (Wildman–Crippen MR) is 102 cm³/mol. The number of carbonyl (C=O) groups excluding carboxylic acids is 1. The Balaban J connectivity index is 1.29. The van der Waals surface area contributed by atoms with Crippen LogP contribution in [0.5, 0.6) is 0 Å². The van der Waals surface area contributed by atoms with Gasteiger partial charge in [-0.05, 0) is 24.6 Å². The highest BCUT2D eigenvalue weighted by Crippen LogP contribution is 2.26. The van der Waals surface area contributed by atoms with Crippen LogP contribution in [0, 0.1) is 6.92 Å². The molecule has 6 nitrogen and oxygen atoms in total. The molecular formula is C19H19N5OS. The molecule has 0 aliphatic carbocycles. The SMILES string of the molecule is Cc1ccc2c(c1)C[C@@H](C(=O)NCCc1csc(-c3ncccn3)n1)N2. The van der Waals surface area contributed by atoms with Crippen molar-refractivity contribution >= 4 is 22.9 Å². The molecule has 1 aliphatic rings. The first-order valence-electron chi connectivity index (χ1n) is 8.54. The van der Waals surface area contributed by atoms with Crippen LogP contribution in [0.2, 0.25) is 0 Å². The number of hydrogen-bond acceptors (Lipinski definition) is 6. The minimum atomic E-state index is -0.199. The number of nitrogens with zero attached hydrogens (tertiary/aromatic N) is 3. The third kappa shape index (κ3) is 3.57. The first-order valence-corrected chi connectivity index (χ1v) is 9.42. The zero-order chi connectivity index (χ0) is 17.9. The van der Waals surface area contributed by atoms with Crippen LogP contribution < -0.4 is 10.6 Å². The van der Waals surface area contributed by atoms with Crippen molar-refractivity contribution in [2.75, 3.05) is 11.9 Å². The van der Waals surface area contributed by atoms with E-state index in [1.165, 1.54) is 22.5 Å². The molecule has 7 heteroatoms. The van der Waals surface area contributed by atoms with Gasteiger partial charge in [-0.1, -0.05) is 17.7 Å². The molecular weight excluding hydrogens is 346 g/mol. The predicted octanol–water partition coefficient (Wildman–Crippen LogP) is 2.60. The van der Waals surface area contributed by atoms with Gasteiger partial charge in [0, 0.05) is 42.8 Å². The van der Waals surface area contributed by atoms with Crippen LogP contribution in [0.4, 0.5) is 5.69 Å². The van der Waals surface area contributed by atoms with Crippen molar-refractivity contribution in [3.8, 4) is 10.8 Å². The Kier molecular flexibility index (Phi) is 4.62. The van der Waals surface area contributed by atoms with Gasteiger partial charge in [-0.2, -0.15) is 0 Å². The molecule has 1 atom stereocenters. The normalized spacial score (nSPS) is 15.3. The first-order chi connectivity index (χ1) is 12.7. The van der Waals surface area contributed by atoms with E-state index in [1.54, 1.807) is 18.5 Å². The maximum absolute atomic E-state index is 12.4. The van der Waals surface area contributed by atoms with Gasteiger partial charge < -0.3 is 10.6 Å². The fourth-order valence-electron chi connectivity index (χ4n) is 3.02. The summed E-state index contributed by atoms with van der Waals surface area (Å²) >= 11 is 1.52. The maximum Gasteiger partial charge on any atom is 0.242 e. The van der Waals surface area contributed by atoms with Crippen molar-refractivity contribution in [1.29, 1.82) is 0 Å². The molecule has 0 spiro atoms. The van der Waals surface area contributed by atoms with Gasteiger partial charge in [0.25, 0.3) is 0 Å². The summed E-state index contributed by atoms with van der Waals surface area (Å²) in [4.78, 5) is 25.4. The molecule has 0 bridgehead atoms. The Morgan fingerprint density at radius 2 is 2.19 bits per heavy atom. The maximum atomic E-state index is 12.4. The molecule has 3 aromatic rings. The highest BCUT2D eigenvalue weighted by Gasteiger charge is 2.26. The standard InChI is InChI=1S/C19H19N5OS/c1-12-3-4-15-13(9-12)10-16(24-15)18(25)22-8-5-14-11-26-19(23-14)17-20-6-2-7-21-17/h2-4,6-7,9,11,16,24H,5,8,10H2,1H3,(H,22,25)/t16-/m0/s1. The summed E-state index contributed by atoms with van der Waals surface area (Å²) in [5.74, 6) is 0.664. The Hall–Kier alpha value is -2.80. The van der Waals surface area contributed by atoms with E-state index in [9.17, 15) is 4.79 Å². The monoisotopic (exact) mass is 365 g/mol. The molecule has 0 saturated heterocycles. The Bertz CT molecular complexity index is 925. The van der Waals surface area contributed by atoms with Gasteiger partial charge in [0.15, 0.2) is 10.8 Å². The number of nitrogens with one attached hydrogen (secondary N) is 2. The summed E-state index contributed by atoms with van der Waals surface area (Å²) in [5.41, 5.74) is 4.42. The molecule has 0 radical (unpaired) electrons. The van der Waals surface area contributed by atoms with Crippen LogP contribution in [0.3, 0.4) is 0 Å². The van der Waals surface area contributed by atoms with Gasteiger partial charge in [-0.15, -0.1) is 11.3 Å². The second kappa shape index (κ2) is 7.21. The largest absolute Gasteiger partial charge is 0.373 e. The average Bonchev–Trinajstić information content (AvgIpc) is 3.29. The molecule has 0 fully saturated rings. The lowest BCUT2D eigenvalue weighted by Gasteiger charge is -2.11. The van der Waals surface area contributed by atoms with E-state index >= 15 is 0 Å². The van der Waals surface area contributed by atoms with Gasteiger partial charge in [-0.25, -0.2) is 15.0 Å². The molecule has 132 valence electrons. The van der Waals surface area contributed by atoms with Crippen LogP contribution in [0.15, 0.2) is 42.0 Å². The molecule has 2 aromatic heterocycles. The summed E-state index contributed by atoms with van der Waals surface area (Å²) in [7, 11) is 0. The van der Waals surface area contributed by atoms with E-state index in [2.05, 4.69) is 44.6 Å². The van der Waals surface area contributed by atoms with Crippen LogP contribution in [-0.2, 0) is 17.6 Å². The van der Waals surface area contributed by atoms with E-state index in [4.69, 9.17) is 0 Å². The molecule has 3 heterocycles. The molecule has 1 aliphatic heterocycles. The number of hydrogen-bond donors (Lipinski definition) is 2. The molecule has 26 heavy (non-hydrogen) atoms. The molecule has 2 N–H and O–H groups in total. The number of thiazole rings is 1. The van der Waals surface area contributed by atoms with Crippen LogP contribution in [0.1, 0.15) is 16.8 Å². The van der Waals surface area contributed by atoms with Crippen molar-refractivity contribution < 1.29 is 4.79 Å². The van der Waals surface area contributed by atoms with E-state index in [-0.39, 0.29) is 11.9 Å². The number of fused-ring (bicyclic) bond motifs is 1. The molecule has 0 unspecified atom stereocenters. The molecule has 0 saturated carbocycles. The van der Waals surface area contributed by atoms with Crippen LogP contribution >= 0.6 is 11.3 Å². The highest BCUT2D eigenvalue weighted by atomic mass is 32.1. The van der Waals surface area contributed by atoms with E-state index in [0.29, 0.717) is 18.8 Å². The topological polar surface area (TPSA) is 79.8 Å². The quantitative estimate of drug-likeness (QED) is 0.726. The molecule has 1 amide bonds. The number of rotatable bonds is 5. The number of carbonyl (C=O) groups is 1. The van der Waals surface area contributed by atoms with Gasteiger partial charge in [0.05, 0.1) is 5.69 Å². The third-order valence-corrected chi connectivity index (χ3v) is 5.21. The summed E-state index contributed by atoms with van der Waals surface area (Å²) in [6.45, 7) is 2.63. The van der Waals surface area contributed by atoms with Gasteiger partial charge >= 0.3 is 0 Å². The zero-order valence-electron chi connectivity index (χ0n) is 14.4. The van der Waals surface area contributed by atoms with Crippen molar-refractivity contribution in [3.05, 3.63) is 58.9 Å². The fourth-order valence-corrected chi connectivity index (χ4v) is 3.82. The summed E-state index contributed by atoms with van der Waals surface area (Å²) in [6.07, 6.45) is 4.83. The van der Waals surface area contributed by atoms with Gasteiger partial charge in [0.1, 0.15) is 6.04 Å². The van der Waals surface area contributed by atoms with Gasteiger partial charge in [0.2, 0.25) is 5.91 Å². The number of aryl methyl sites for hydroxylation is 1. The first kappa shape index (κ1) is 16.7. The molecule has 4 rings (SSSR count). The van der Waals surface area contributed by atoms with Crippen LogP contribution in [0.25, 0.3) is 10.8 Å². The van der Waals surface area contributed by atoms with E-state index in [0.717, 1.165) is 22.8 Å². The average molecular weight is 365 g/mol. The Labute approximate surface area is 155 Å². The summed E-state index contributed by atoms with van der Waals surface area (Å²) in [6, 6.07) is 7.82. The second-order valence-corrected chi connectivity index (χ2v) is 7.18. The molecule has 1 aromatic carbocycles. The van der Waals surface area contributed by atoms with Crippen molar-refractivity contribution in [2.24, 2.45) is 0 Å². The Morgan fingerprint density at radius 3 is 3.04 bits per heavy atom. The fraction of sp³-hybridized carbons (Fsp3) is 0.263. The number of anilines is 1. The minimum absolute atomic E-state index is 0.0284. The third-order valence-electron chi connectivity index (χ3n) is 4.32. The highest BCUT2D eigenvalue weighted by molar-refractivity contribution is 7.13. The lowest BCUT2D eigenvalue weighted by atomic mass is 10.1. The minimum Gasteiger partial charge on any atom is -0.373 e. The van der Waals surface area contributed by atoms with Crippen molar-refractivity contribution in [3.63, 3.8) is 0 Å². The smallest absolute Gasteiger partial charge is 0.242 e. The van der Waals surface area contributed by atoms with Crippen molar-refractivity contribution in [2.45, 2.75) is 25.8 Å². The second-order valence-electron chi connectivity index (χ2n) is 6.32. The van der Waals surface area contributed by atoms with Crippen molar-refractivity contribution in [1.82, 2.24) is 20.3 Å². The number of benzene rings is 1. The van der Waals surface area contributed by atoms with Crippen LogP contribution in [-0.4, -0.2) is 33.4 Å². The summed E-state index contributed by atoms with van der Waals surface area (Å²) in [5, 5.41) is 9.09. The zero-order valence-corrected chi connectivity index (χ0v) is 15.2. The van der Waals surface area contributed by atoms with E-state index in [1.807, 2.05) is 11.4 Å².